The maximum atomic E-state index is 11.1. The van der Waals surface area contributed by atoms with Gasteiger partial charge in [0.25, 0.3) is 0 Å². The van der Waals surface area contributed by atoms with E-state index in [1.54, 1.807) is 25.5 Å². The smallest absolute Gasteiger partial charge is 0.134 e. The lowest BCUT2D eigenvalue weighted by molar-refractivity contribution is 0.404. The van der Waals surface area contributed by atoms with Crippen molar-refractivity contribution >= 4 is 10.8 Å². The Morgan fingerprint density at radius 3 is 2.45 bits per heavy atom. The standard InChI is InChI=1S/C8H10O2S/c1-10-7-5-3-4-6-8(7)11(2)9/h3-6H,1-2H3. The molecule has 0 saturated heterocycles. The van der Waals surface area contributed by atoms with Crippen molar-refractivity contribution in [1.82, 2.24) is 0 Å². The van der Waals surface area contributed by atoms with E-state index >= 15 is 0 Å². The largest absolute Gasteiger partial charge is 0.495 e. The van der Waals surface area contributed by atoms with Crippen molar-refractivity contribution in [1.29, 1.82) is 0 Å². The van der Waals surface area contributed by atoms with Gasteiger partial charge in [-0.3, -0.25) is 4.21 Å². The molecule has 1 atom stereocenters. The fourth-order valence-corrected chi connectivity index (χ4v) is 1.56. The summed E-state index contributed by atoms with van der Waals surface area (Å²) in [5, 5.41) is 0. The summed E-state index contributed by atoms with van der Waals surface area (Å²) in [5.74, 6) is 0.688. The lowest BCUT2D eigenvalue weighted by Crippen LogP contribution is -1.92. The molecule has 2 nitrogen and oxygen atoms in total. The molecule has 0 amide bonds. The van der Waals surface area contributed by atoms with Crippen LogP contribution < -0.4 is 4.74 Å². The summed E-state index contributed by atoms with van der Waals surface area (Å²) in [6.07, 6.45) is 1.64. The van der Waals surface area contributed by atoms with Crippen LogP contribution in [-0.2, 0) is 10.8 Å². The fourth-order valence-electron chi connectivity index (χ4n) is 0.856. The summed E-state index contributed by atoms with van der Waals surface area (Å²) in [6, 6.07) is 7.31. The second-order valence-electron chi connectivity index (χ2n) is 2.10. The first-order valence-electron chi connectivity index (χ1n) is 3.22. The Balaban J connectivity index is 3.12. The highest BCUT2D eigenvalue weighted by atomic mass is 32.2. The van der Waals surface area contributed by atoms with E-state index in [0.29, 0.717) is 5.75 Å². The first-order chi connectivity index (χ1) is 5.25. The Morgan fingerprint density at radius 2 is 2.00 bits per heavy atom. The van der Waals surface area contributed by atoms with E-state index in [-0.39, 0.29) is 0 Å². The summed E-state index contributed by atoms with van der Waals surface area (Å²) in [6.45, 7) is 0. The van der Waals surface area contributed by atoms with Gasteiger partial charge in [0.2, 0.25) is 0 Å². The molecular weight excluding hydrogens is 160 g/mol. The topological polar surface area (TPSA) is 26.3 Å². The number of hydrogen-bond donors (Lipinski definition) is 0. The van der Waals surface area contributed by atoms with Crippen LogP contribution in [0.15, 0.2) is 29.2 Å². The van der Waals surface area contributed by atoms with Crippen molar-refractivity contribution in [2.24, 2.45) is 0 Å². The molecule has 0 heterocycles. The minimum Gasteiger partial charge on any atom is -0.495 e. The first-order valence-corrected chi connectivity index (χ1v) is 4.78. The lowest BCUT2D eigenvalue weighted by Gasteiger charge is -2.03. The zero-order chi connectivity index (χ0) is 8.27. The zero-order valence-electron chi connectivity index (χ0n) is 6.53. The van der Waals surface area contributed by atoms with E-state index < -0.39 is 10.8 Å². The Labute approximate surface area is 68.6 Å². The van der Waals surface area contributed by atoms with Gasteiger partial charge in [0, 0.05) is 6.26 Å². The van der Waals surface area contributed by atoms with E-state index in [2.05, 4.69) is 0 Å². The van der Waals surface area contributed by atoms with Crippen LogP contribution in [-0.4, -0.2) is 17.6 Å². The summed E-state index contributed by atoms with van der Waals surface area (Å²) in [7, 11) is 0.610. The first kappa shape index (κ1) is 8.27. The maximum absolute atomic E-state index is 11.1. The van der Waals surface area contributed by atoms with Crippen LogP contribution in [0.1, 0.15) is 0 Å². The average Bonchev–Trinajstić information content (AvgIpc) is 2.04. The van der Waals surface area contributed by atoms with Gasteiger partial charge in [-0.2, -0.15) is 0 Å². The predicted octanol–water partition coefficient (Wildman–Crippen LogP) is 1.43. The number of benzene rings is 1. The highest BCUT2D eigenvalue weighted by Crippen LogP contribution is 2.19. The van der Waals surface area contributed by atoms with E-state index in [1.165, 1.54) is 0 Å². The molecule has 0 N–H and O–H groups in total. The molecule has 0 aliphatic rings. The van der Waals surface area contributed by atoms with Crippen LogP contribution in [0.2, 0.25) is 0 Å². The van der Waals surface area contributed by atoms with Crippen molar-refractivity contribution in [3.63, 3.8) is 0 Å². The van der Waals surface area contributed by atoms with Gasteiger partial charge in [-0.1, -0.05) is 12.1 Å². The molecule has 0 aromatic heterocycles. The lowest BCUT2D eigenvalue weighted by atomic mass is 10.3. The van der Waals surface area contributed by atoms with E-state index in [9.17, 15) is 4.21 Å². The normalized spacial score (nSPS) is 12.5. The molecule has 3 heteroatoms. The highest BCUT2D eigenvalue weighted by Gasteiger charge is 2.03. The second-order valence-corrected chi connectivity index (χ2v) is 3.45. The molecule has 0 saturated carbocycles. The SMILES string of the molecule is COc1ccccc1S(C)=O. The third kappa shape index (κ3) is 1.80. The van der Waals surface area contributed by atoms with E-state index in [0.717, 1.165) is 4.90 Å². The molecule has 0 bridgehead atoms. The number of hydrogen-bond acceptors (Lipinski definition) is 2. The zero-order valence-corrected chi connectivity index (χ0v) is 7.35. The summed E-state index contributed by atoms with van der Waals surface area (Å²) < 4.78 is 16.1. The summed E-state index contributed by atoms with van der Waals surface area (Å²) >= 11 is 0. The van der Waals surface area contributed by atoms with Gasteiger partial charge in [0.15, 0.2) is 0 Å². The van der Waals surface area contributed by atoms with Gasteiger partial charge in [-0.15, -0.1) is 0 Å². The molecular formula is C8H10O2S. The fraction of sp³-hybridized carbons (Fsp3) is 0.250. The Kier molecular flexibility index (Phi) is 2.65. The van der Waals surface area contributed by atoms with Crippen molar-refractivity contribution < 1.29 is 8.95 Å². The van der Waals surface area contributed by atoms with Gasteiger partial charge in [0.05, 0.1) is 22.8 Å². The Bertz CT molecular complexity index is 271. The third-order valence-corrected chi connectivity index (χ3v) is 2.34. The summed E-state index contributed by atoms with van der Waals surface area (Å²) in [5.41, 5.74) is 0. The molecule has 11 heavy (non-hydrogen) atoms. The predicted molar refractivity (Wildman–Crippen MR) is 45.3 cm³/mol. The van der Waals surface area contributed by atoms with Crippen LogP contribution in [0.3, 0.4) is 0 Å². The quantitative estimate of drug-likeness (QED) is 0.671. The Morgan fingerprint density at radius 1 is 1.36 bits per heavy atom. The maximum Gasteiger partial charge on any atom is 0.134 e. The van der Waals surface area contributed by atoms with Gasteiger partial charge >= 0.3 is 0 Å². The van der Waals surface area contributed by atoms with Crippen molar-refractivity contribution in [3.05, 3.63) is 24.3 Å². The van der Waals surface area contributed by atoms with Crippen molar-refractivity contribution in [2.75, 3.05) is 13.4 Å². The second kappa shape index (κ2) is 3.53. The molecule has 1 aromatic rings. The monoisotopic (exact) mass is 170 g/mol. The third-order valence-electron chi connectivity index (χ3n) is 1.38. The molecule has 0 aliphatic carbocycles. The minimum atomic E-state index is -0.965. The van der Waals surface area contributed by atoms with Crippen molar-refractivity contribution in [2.45, 2.75) is 4.90 Å². The highest BCUT2D eigenvalue weighted by molar-refractivity contribution is 7.84. The van der Waals surface area contributed by atoms with E-state index in [1.807, 2.05) is 12.1 Å². The number of rotatable bonds is 2. The molecule has 0 fully saturated rings. The average molecular weight is 170 g/mol. The van der Waals surface area contributed by atoms with Gasteiger partial charge in [-0.25, -0.2) is 0 Å². The number of ether oxygens (including phenoxy) is 1. The number of para-hydroxylation sites is 1. The van der Waals surface area contributed by atoms with Crippen LogP contribution >= 0.6 is 0 Å². The number of methoxy groups -OCH3 is 1. The molecule has 0 aliphatic heterocycles. The van der Waals surface area contributed by atoms with E-state index in [4.69, 9.17) is 4.74 Å². The molecule has 0 radical (unpaired) electrons. The van der Waals surface area contributed by atoms with Crippen LogP contribution in [0.4, 0.5) is 0 Å². The van der Waals surface area contributed by atoms with Gasteiger partial charge in [-0.05, 0) is 12.1 Å². The molecule has 1 rings (SSSR count). The molecule has 0 spiro atoms. The van der Waals surface area contributed by atoms with Gasteiger partial charge in [0.1, 0.15) is 5.75 Å². The minimum absolute atomic E-state index is 0.688. The molecule has 1 aromatic carbocycles. The van der Waals surface area contributed by atoms with Crippen LogP contribution in [0.5, 0.6) is 5.75 Å². The Hall–Kier alpha value is -0.830. The molecule has 60 valence electrons. The van der Waals surface area contributed by atoms with Gasteiger partial charge < -0.3 is 4.74 Å². The summed E-state index contributed by atoms with van der Waals surface area (Å²) in [4.78, 5) is 0.745. The van der Waals surface area contributed by atoms with Crippen LogP contribution in [0, 0.1) is 0 Å². The van der Waals surface area contributed by atoms with Crippen LogP contribution in [0.25, 0.3) is 0 Å². The molecule has 1 unspecified atom stereocenters. The van der Waals surface area contributed by atoms with Crippen molar-refractivity contribution in [3.8, 4) is 5.75 Å².